The van der Waals surface area contributed by atoms with E-state index in [1.807, 2.05) is 18.2 Å². The zero-order chi connectivity index (χ0) is 14.4. The quantitative estimate of drug-likeness (QED) is 0.939. The van der Waals surface area contributed by atoms with Crippen LogP contribution in [0.2, 0.25) is 0 Å². The Morgan fingerprint density at radius 1 is 1.43 bits per heavy atom. The van der Waals surface area contributed by atoms with Gasteiger partial charge in [-0.2, -0.15) is 0 Å². The Labute approximate surface area is 122 Å². The van der Waals surface area contributed by atoms with Crippen LogP contribution in [-0.2, 0) is 4.74 Å². The van der Waals surface area contributed by atoms with Gasteiger partial charge in [0.15, 0.2) is 5.58 Å². The number of rotatable bonds is 4. The third kappa shape index (κ3) is 2.16. The predicted octanol–water partition coefficient (Wildman–Crippen LogP) is 2.51. The van der Waals surface area contributed by atoms with Crippen molar-refractivity contribution in [3.63, 3.8) is 0 Å². The fraction of sp³-hybridized carbons (Fsp3) is 0.562. The van der Waals surface area contributed by atoms with Crippen molar-refractivity contribution in [2.24, 2.45) is 5.92 Å². The first-order valence-electron chi connectivity index (χ1n) is 7.75. The fourth-order valence-corrected chi connectivity index (χ4v) is 3.81. The highest BCUT2D eigenvalue weighted by Crippen LogP contribution is 2.42. The molecule has 2 bridgehead atoms. The van der Waals surface area contributed by atoms with Crippen molar-refractivity contribution in [3.8, 4) is 0 Å². The number of oxazole rings is 1. The summed E-state index contributed by atoms with van der Waals surface area (Å²) < 4.78 is 11.0. The van der Waals surface area contributed by atoms with Crippen LogP contribution in [0.3, 0.4) is 0 Å². The Balaban J connectivity index is 1.54. The first-order valence-corrected chi connectivity index (χ1v) is 7.75. The van der Waals surface area contributed by atoms with E-state index in [9.17, 15) is 4.79 Å². The van der Waals surface area contributed by atoms with Gasteiger partial charge in [0.25, 0.3) is 0 Å². The maximum atomic E-state index is 11.2. The largest absolute Gasteiger partial charge is 0.417 e. The minimum absolute atomic E-state index is 0.391. The lowest BCUT2D eigenvalue weighted by Gasteiger charge is -2.33. The summed E-state index contributed by atoms with van der Waals surface area (Å²) in [5.74, 6) is 0.249. The van der Waals surface area contributed by atoms with E-state index in [4.69, 9.17) is 9.15 Å². The van der Waals surface area contributed by atoms with Crippen molar-refractivity contribution in [2.45, 2.75) is 38.3 Å². The first-order chi connectivity index (χ1) is 10.2. The van der Waals surface area contributed by atoms with Gasteiger partial charge in [-0.1, -0.05) is 6.92 Å². The Kier molecular flexibility index (Phi) is 3.03. The van der Waals surface area contributed by atoms with Crippen molar-refractivity contribution in [3.05, 3.63) is 28.7 Å². The molecule has 2 fully saturated rings. The number of nitrogens with zero attached hydrogens (tertiary/aromatic N) is 1. The summed E-state index contributed by atoms with van der Waals surface area (Å²) in [6.07, 6.45) is 3.85. The smallest absolute Gasteiger partial charge is 0.408 e. The lowest BCUT2D eigenvalue weighted by molar-refractivity contribution is 0.0248. The number of aromatic amines is 1. The third-order valence-electron chi connectivity index (χ3n) is 4.75. The monoisotopic (exact) mass is 288 g/mol. The molecule has 1 aromatic carbocycles. The number of hydrogen-bond donors (Lipinski definition) is 1. The van der Waals surface area contributed by atoms with E-state index in [-0.39, 0.29) is 0 Å². The van der Waals surface area contributed by atoms with Crippen molar-refractivity contribution in [1.29, 1.82) is 0 Å². The molecule has 1 N–H and O–H groups in total. The summed E-state index contributed by atoms with van der Waals surface area (Å²) >= 11 is 0. The molecule has 1 saturated carbocycles. The molecule has 1 saturated heterocycles. The van der Waals surface area contributed by atoms with Crippen molar-refractivity contribution >= 4 is 16.8 Å². The fourth-order valence-electron chi connectivity index (χ4n) is 3.81. The topological polar surface area (TPSA) is 58.5 Å². The molecule has 0 radical (unpaired) electrons. The van der Waals surface area contributed by atoms with Crippen LogP contribution in [0.5, 0.6) is 0 Å². The number of H-pyrrole nitrogens is 1. The van der Waals surface area contributed by atoms with E-state index in [1.54, 1.807) is 0 Å². The minimum Gasteiger partial charge on any atom is -0.408 e. The Morgan fingerprint density at radius 3 is 3.10 bits per heavy atom. The maximum Gasteiger partial charge on any atom is 0.417 e. The molecule has 0 amide bonds. The molecular formula is C16H20N2O3. The normalized spacial score (nSPS) is 27.9. The lowest BCUT2D eigenvalue weighted by Crippen LogP contribution is -2.38. The Hall–Kier alpha value is -1.75. The van der Waals surface area contributed by atoms with Gasteiger partial charge >= 0.3 is 5.76 Å². The third-order valence-corrected chi connectivity index (χ3v) is 4.75. The average molecular weight is 288 g/mol. The molecule has 21 heavy (non-hydrogen) atoms. The summed E-state index contributed by atoms with van der Waals surface area (Å²) in [5.41, 5.74) is 2.57. The Morgan fingerprint density at radius 2 is 2.33 bits per heavy atom. The van der Waals surface area contributed by atoms with Crippen LogP contribution in [0.25, 0.3) is 11.1 Å². The summed E-state index contributed by atoms with van der Waals surface area (Å²) in [7, 11) is 0. The summed E-state index contributed by atoms with van der Waals surface area (Å²) in [4.78, 5) is 16.4. The molecule has 2 heterocycles. The Bertz CT molecular complexity index is 705. The second-order valence-corrected chi connectivity index (χ2v) is 6.14. The predicted molar refractivity (Wildman–Crippen MR) is 80.7 cm³/mol. The van der Waals surface area contributed by atoms with Gasteiger partial charge in [0.1, 0.15) is 0 Å². The van der Waals surface area contributed by atoms with Crippen LogP contribution < -0.4 is 10.7 Å². The van der Waals surface area contributed by atoms with E-state index in [1.165, 1.54) is 12.1 Å². The summed E-state index contributed by atoms with van der Waals surface area (Å²) in [6, 6.07) is 6.50. The summed E-state index contributed by atoms with van der Waals surface area (Å²) in [5, 5.41) is 0. The number of nitrogens with one attached hydrogen (secondary N) is 1. The van der Waals surface area contributed by atoms with E-state index in [2.05, 4.69) is 16.8 Å². The van der Waals surface area contributed by atoms with Gasteiger partial charge in [-0.3, -0.25) is 4.98 Å². The molecule has 3 atom stereocenters. The van der Waals surface area contributed by atoms with Gasteiger partial charge < -0.3 is 14.1 Å². The van der Waals surface area contributed by atoms with Crippen LogP contribution >= 0.6 is 0 Å². The molecule has 0 spiro atoms. The van der Waals surface area contributed by atoms with Gasteiger partial charge in [0.2, 0.25) is 0 Å². The number of anilines is 1. The molecule has 2 aliphatic rings. The minimum atomic E-state index is -0.391. The van der Waals surface area contributed by atoms with E-state index in [0.717, 1.165) is 31.5 Å². The van der Waals surface area contributed by atoms with Crippen molar-refractivity contribution < 1.29 is 9.15 Å². The number of aromatic nitrogens is 1. The molecule has 4 rings (SSSR count). The number of benzene rings is 1. The SMILES string of the molecule is CCCO[C@@H]1C[C@@H]2C[C@H]1CN2c1ccc2oc(=O)[nH]c2c1. The van der Waals surface area contributed by atoms with E-state index in [0.29, 0.717) is 23.6 Å². The standard InChI is InChI=1S/C16H20N2O3/c1-2-5-20-15-8-12-6-10(15)9-18(12)11-3-4-14-13(7-11)17-16(19)21-14/h3-4,7,10,12,15H,2,5-6,8-9H2,1H3,(H,17,19)/t10-,12-,15+/m0/s1. The van der Waals surface area contributed by atoms with Gasteiger partial charge in [0, 0.05) is 30.8 Å². The van der Waals surface area contributed by atoms with Crippen LogP contribution in [0, 0.1) is 5.92 Å². The van der Waals surface area contributed by atoms with Crippen LogP contribution in [0.4, 0.5) is 5.69 Å². The number of hydrogen-bond acceptors (Lipinski definition) is 4. The van der Waals surface area contributed by atoms with Crippen molar-refractivity contribution in [2.75, 3.05) is 18.1 Å². The highest BCUT2D eigenvalue weighted by molar-refractivity contribution is 5.77. The van der Waals surface area contributed by atoms with Gasteiger partial charge in [-0.15, -0.1) is 0 Å². The average Bonchev–Trinajstić information content (AvgIpc) is 3.15. The highest BCUT2D eigenvalue weighted by atomic mass is 16.5. The van der Waals surface area contributed by atoms with Crippen LogP contribution in [-0.4, -0.2) is 30.3 Å². The molecule has 5 nitrogen and oxygen atoms in total. The van der Waals surface area contributed by atoms with Crippen LogP contribution in [0.15, 0.2) is 27.4 Å². The molecule has 0 unspecified atom stereocenters. The maximum absolute atomic E-state index is 11.2. The second kappa shape index (κ2) is 4.91. The molecule has 2 aromatic rings. The number of fused-ring (bicyclic) bond motifs is 3. The van der Waals surface area contributed by atoms with Crippen molar-refractivity contribution in [1.82, 2.24) is 4.98 Å². The van der Waals surface area contributed by atoms with E-state index >= 15 is 0 Å². The zero-order valence-corrected chi connectivity index (χ0v) is 12.2. The van der Waals surface area contributed by atoms with E-state index < -0.39 is 5.76 Å². The molecule has 1 aromatic heterocycles. The molecule has 112 valence electrons. The number of piperidine rings is 1. The molecule has 1 aliphatic heterocycles. The van der Waals surface area contributed by atoms with Gasteiger partial charge in [0.05, 0.1) is 11.6 Å². The first kappa shape index (κ1) is 13.0. The molecule has 5 heteroatoms. The summed E-state index contributed by atoms with van der Waals surface area (Å²) in [6.45, 7) is 4.07. The zero-order valence-electron chi connectivity index (χ0n) is 12.2. The van der Waals surface area contributed by atoms with Gasteiger partial charge in [-0.25, -0.2) is 4.79 Å². The molecule has 1 aliphatic carbocycles. The highest BCUT2D eigenvalue weighted by Gasteiger charge is 2.45. The van der Waals surface area contributed by atoms with Crippen LogP contribution in [0.1, 0.15) is 26.2 Å². The molecular weight excluding hydrogens is 268 g/mol. The second-order valence-electron chi connectivity index (χ2n) is 6.14. The van der Waals surface area contributed by atoms with Gasteiger partial charge in [-0.05, 0) is 37.5 Å². The number of ether oxygens (including phenoxy) is 1. The lowest BCUT2D eigenvalue weighted by atomic mass is 10.1.